The highest BCUT2D eigenvalue weighted by atomic mass is 16.3. The third-order valence-electron chi connectivity index (χ3n) is 2.07. The SMILES string of the molecule is CC(CO)CNCc1ccnc(C#N)c1. The molecule has 80 valence electrons. The maximum Gasteiger partial charge on any atom is 0.140 e. The van der Waals surface area contributed by atoms with Crippen molar-refractivity contribution in [3.8, 4) is 6.07 Å². The van der Waals surface area contributed by atoms with Crippen molar-refractivity contribution in [3.63, 3.8) is 0 Å². The molecule has 0 spiro atoms. The van der Waals surface area contributed by atoms with E-state index >= 15 is 0 Å². The van der Waals surface area contributed by atoms with Crippen molar-refractivity contribution in [1.82, 2.24) is 10.3 Å². The summed E-state index contributed by atoms with van der Waals surface area (Å²) in [5.41, 5.74) is 1.47. The lowest BCUT2D eigenvalue weighted by atomic mass is 10.2. The standard InChI is InChI=1S/C11H15N3O/c1-9(8-15)6-13-7-10-2-3-14-11(4-10)5-12/h2-4,9,13,15H,6-8H2,1H3. The summed E-state index contributed by atoms with van der Waals surface area (Å²) in [6.07, 6.45) is 1.63. The Morgan fingerprint density at radius 3 is 3.13 bits per heavy atom. The molecule has 0 radical (unpaired) electrons. The molecule has 0 aliphatic rings. The van der Waals surface area contributed by atoms with Crippen molar-refractivity contribution in [2.24, 2.45) is 5.92 Å². The zero-order valence-corrected chi connectivity index (χ0v) is 8.77. The van der Waals surface area contributed by atoms with Gasteiger partial charge in [-0.1, -0.05) is 6.92 Å². The van der Waals surface area contributed by atoms with Gasteiger partial charge in [0.05, 0.1) is 0 Å². The van der Waals surface area contributed by atoms with Crippen LogP contribution in [0.25, 0.3) is 0 Å². The maximum absolute atomic E-state index is 8.82. The van der Waals surface area contributed by atoms with Crippen LogP contribution in [-0.4, -0.2) is 23.2 Å². The Kier molecular flexibility index (Phi) is 4.75. The van der Waals surface area contributed by atoms with Gasteiger partial charge < -0.3 is 10.4 Å². The summed E-state index contributed by atoms with van der Waals surface area (Å²) in [6.45, 7) is 3.62. The van der Waals surface area contributed by atoms with Crippen LogP contribution < -0.4 is 5.32 Å². The third kappa shape index (κ3) is 4.07. The Morgan fingerprint density at radius 1 is 1.67 bits per heavy atom. The Morgan fingerprint density at radius 2 is 2.47 bits per heavy atom. The van der Waals surface area contributed by atoms with E-state index in [1.807, 2.05) is 19.1 Å². The predicted octanol–water partition coefficient (Wildman–Crippen LogP) is 0.671. The number of nitriles is 1. The smallest absolute Gasteiger partial charge is 0.140 e. The van der Waals surface area contributed by atoms with Crippen LogP contribution in [0.1, 0.15) is 18.2 Å². The molecule has 1 aromatic heterocycles. The van der Waals surface area contributed by atoms with Crippen LogP contribution in [0.2, 0.25) is 0 Å². The first-order chi connectivity index (χ1) is 7.26. The van der Waals surface area contributed by atoms with Crippen molar-refractivity contribution < 1.29 is 5.11 Å². The first-order valence-electron chi connectivity index (χ1n) is 4.93. The second-order valence-corrected chi connectivity index (χ2v) is 3.58. The highest BCUT2D eigenvalue weighted by Gasteiger charge is 2.00. The number of pyridine rings is 1. The monoisotopic (exact) mass is 205 g/mol. The molecule has 4 nitrogen and oxygen atoms in total. The molecule has 1 atom stereocenters. The molecule has 0 aliphatic heterocycles. The quantitative estimate of drug-likeness (QED) is 0.741. The number of aliphatic hydroxyl groups is 1. The van der Waals surface area contributed by atoms with Gasteiger partial charge in [0.15, 0.2) is 0 Å². The van der Waals surface area contributed by atoms with Gasteiger partial charge in [0.2, 0.25) is 0 Å². The van der Waals surface area contributed by atoms with Crippen molar-refractivity contribution in [3.05, 3.63) is 29.6 Å². The van der Waals surface area contributed by atoms with E-state index in [4.69, 9.17) is 10.4 Å². The number of hydrogen-bond donors (Lipinski definition) is 2. The number of aliphatic hydroxyl groups excluding tert-OH is 1. The minimum absolute atomic E-state index is 0.187. The molecule has 1 unspecified atom stereocenters. The van der Waals surface area contributed by atoms with Gasteiger partial charge in [0, 0.05) is 25.9 Å². The second-order valence-electron chi connectivity index (χ2n) is 3.58. The highest BCUT2D eigenvalue weighted by Crippen LogP contribution is 2.00. The van der Waals surface area contributed by atoms with E-state index in [9.17, 15) is 0 Å². The number of aromatic nitrogens is 1. The average molecular weight is 205 g/mol. The highest BCUT2D eigenvalue weighted by molar-refractivity contribution is 5.25. The zero-order chi connectivity index (χ0) is 11.1. The number of nitrogens with one attached hydrogen (secondary N) is 1. The van der Waals surface area contributed by atoms with Gasteiger partial charge in [0.25, 0.3) is 0 Å². The minimum atomic E-state index is 0.187. The van der Waals surface area contributed by atoms with Gasteiger partial charge in [-0.25, -0.2) is 4.98 Å². The molecule has 0 fully saturated rings. The van der Waals surface area contributed by atoms with E-state index in [1.54, 1.807) is 12.3 Å². The van der Waals surface area contributed by atoms with E-state index in [-0.39, 0.29) is 12.5 Å². The lowest BCUT2D eigenvalue weighted by molar-refractivity contribution is 0.233. The summed E-state index contributed by atoms with van der Waals surface area (Å²) in [7, 11) is 0. The van der Waals surface area contributed by atoms with Gasteiger partial charge in [0.1, 0.15) is 11.8 Å². The van der Waals surface area contributed by atoms with E-state index in [2.05, 4.69) is 10.3 Å². The van der Waals surface area contributed by atoms with Crippen LogP contribution in [0.15, 0.2) is 18.3 Å². The third-order valence-corrected chi connectivity index (χ3v) is 2.07. The van der Waals surface area contributed by atoms with Crippen LogP contribution >= 0.6 is 0 Å². The van der Waals surface area contributed by atoms with Crippen molar-refractivity contribution in [2.75, 3.05) is 13.2 Å². The lowest BCUT2D eigenvalue weighted by Crippen LogP contribution is -2.22. The molecule has 1 heterocycles. The maximum atomic E-state index is 8.82. The average Bonchev–Trinajstić information content (AvgIpc) is 2.29. The molecular weight excluding hydrogens is 190 g/mol. The molecule has 4 heteroatoms. The van der Waals surface area contributed by atoms with E-state index in [0.717, 1.165) is 12.1 Å². The molecular formula is C11H15N3O. The number of hydrogen-bond acceptors (Lipinski definition) is 4. The summed E-state index contributed by atoms with van der Waals surface area (Å²) in [4.78, 5) is 3.89. The topological polar surface area (TPSA) is 68.9 Å². The fourth-order valence-corrected chi connectivity index (χ4v) is 1.17. The minimum Gasteiger partial charge on any atom is -0.396 e. The zero-order valence-electron chi connectivity index (χ0n) is 8.77. The Bertz CT molecular complexity index is 346. The van der Waals surface area contributed by atoms with Crippen molar-refractivity contribution in [2.45, 2.75) is 13.5 Å². The Balaban J connectivity index is 2.41. The van der Waals surface area contributed by atoms with Gasteiger partial charge in [-0.15, -0.1) is 0 Å². The van der Waals surface area contributed by atoms with Gasteiger partial charge in [-0.3, -0.25) is 0 Å². The molecule has 0 saturated carbocycles. The molecule has 1 rings (SSSR count). The molecule has 0 amide bonds. The van der Waals surface area contributed by atoms with Crippen LogP contribution in [-0.2, 0) is 6.54 Å². The van der Waals surface area contributed by atoms with Gasteiger partial charge >= 0.3 is 0 Å². The normalized spacial score (nSPS) is 12.1. The van der Waals surface area contributed by atoms with Crippen LogP contribution in [0, 0.1) is 17.2 Å². The summed E-state index contributed by atoms with van der Waals surface area (Å²) in [5, 5.41) is 20.7. The van der Waals surface area contributed by atoms with Crippen molar-refractivity contribution >= 4 is 0 Å². The summed E-state index contributed by atoms with van der Waals surface area (Å²) < 4.78 is 0. The van der Waals surface area contributed by atoms with E-state index in [0.29, 0.717) is 12.2 Å². The fraction of sp³-hybridized carbons (Fsp3) is 0.455. The number of nitrogens with zero attached hydrogens (tertiary/aromatic N) is 2. The van der Waals surface area contributed by atoms with Crippen LogP contribution in [0.3, 0.4) is 0 Å². The molecule has 2 N–H and O–H groups in total. The summed E-state index contributed by atoms with van der Waals surface area (Å²) in [5.74, 6) is 0.252. The molecule has 15 heavy (non-hydrogen) atoms. The van der Waals surface area contributed by atoms with Crippen molar-refractivity contribution in [1.29, 1.82) is 5.26 Å². The molecule has 1 aromatic rings. The van der Waals surface area contributed by atoms with Gasteiger partial charge in [-0.05, 0) is 23.6 Å². The first-order valence-corrected chi connectivity index (χ1v) is 4.93. The number of rotatable bonds is 5. The van der Waals surface area contributed by atoms with Gasteiger partial charge in [-0.2, -0.15) is 5.26 Å². The largest absolute Gasteiger partial charge is 0.396 e. The first kappa shape index (κ1) is 11.6. The van der Waals surface area contributed by atoms with E-state index < -0.39 is 0 Å². The van der Waals surface area contributed by atoms with Crippen LogP contribution in [0.4, 0.5) is 0 Å². The second kappa shape index (κ2) is 6.12. The van der Waals surface area contributed by atoms with E-state index in [1.165, 1.54) is 0 Å². The molecule has 0 bridgehead atoms. The summed E-state index contributed by atoms with van der Waals surface area (Å²) >= 11 is 0. The Hall–Kier alpha value is -1.44. The molecule has 0 aliphatic carbocycles. The Labute approximate surface area is 89.6 Å². The fourth-order valence-electron chi connectivity index (χ4n) is 1.17. The predicted molar refractivity (Wildman–Crippen MR) is 56.9 cm³/mol. The molecule has 0 saturated heterocycles. The lowest BCUT2D eigenvalue weighted by Gasteiger charge is -2.09. The van der Waals surface area contributed by atoms with Crippen LogP contribution in [0.5, 0.6) is 0 Å². The molecule has 0 aromatic carbocycles. The summed E-state index contributed by atoms with van der Waals surface area (Å²) in [6, 6.07) is 5.63.